The first-order valence-corrected chi connectivity index (χ1v) is 5.80. The Hall–Kier alpha value is -1.17. The number of carbonyl (C=O) groups is 1. The summed E-state index contributed by atoms with van der Waals surface area (Å²) < 4.78 is 0. The molecule has 3 N–H and O–H groups in total. The highest BCUT2D eigenvalue weighted by atomic mass is 35.5. The molecule has 0 bridgehead atoms. The number of amides is 1. The van der Waals surface area contributed by atoms with Gasteiger partial charge in [-0.25, -0.2) is 4.98 Å². The van der Waals surface area contributed by atoms with Crippen molar-refractivity contribution in [3.8, 4) is 0 Å². The molecule has 1 heterocycles. The van der Waals surface area contributed by atoms with Crippen LogP contribution in [-0.4, -0.2) is 42.5 Å². The van der Waals surface area contributed by atoms with Gasteiger partial charge in [-0.2, -0.15) is 0 Å². The van der Waals surface area contributed by atoms with Crippen LogP contribution in [-0.2, 0) is 4.79 Å². The zero-order chi connectivity index (χ0) is 12.7. The molecule has 0 fully saturated rings. The van der Waals surface area contributed by atoms with Gasteiger partial charge in [0, 0.05) is 6.20 Å². The molecule has 1 aromatic rings. The molecule has 0 radical (unpaired) electrons. The van der Waals surface area contributed by atoms with Crippen LogP contribution in [0.25, 0.3) is 0 Å². The predicted molar refractivity (Wildman–Crippen MR) is 69.0 cm³/mol. The molecule has 0 unspecified atom stereocenters. The third-order valence-corrected chi connectivity index (χ3v) is 2.49. The van der Waals surface area contributed by atoms with E-state index < -0.39 is 0 Å². The number of nitrogens with two attached hydrogens (primary N) is 1. The topological polar surface area (TPSA) is 71.2 Å². The lowest BCUT2D eigenvalue weighted by molar-refractivity contribution is -0.117. The fourth-order valence-electron chi connectivity index (χ4n) is 1.35. The number of rotatable bonds is 6. The summed E-state index contributed by atoms with van der Waals surface area (Å²) in [5.74, 6) is -0.112. The number of pyridine rings is 1. The molecule has 0 saturated heterocycles. The quantitative estimate of drug-likeness (QED) is 0.744. The van der Waals surface area contributed by atoms with Crippen LogP contribution >= 0.6 is 11.6 Å². The van der Waals surface area contributed by atoms with Crippen molar-refractivity contribution >= 4 is 23.2 Å². The Labute approximate surface area is 106 Å². The molecule has 0 aliphatic carbocycles. The van der Waals surface area contributed by atoms with Gasteiger partial charge in [0.25, 0.3) is 0 Å². The summed E-state index contributed by atoms with van der Waals surface area (Å²) >= 11 is 5.83. The van der Waals surface area contributed by atoms with E-state index in [0.717, 1.165) is 13.0 Å². The van der Waals surface area contributed by atoms with E-state index in [4.69, 9.17) is 17.3 Å². The molecule has 1 amide bonds. The zero-order valence-electron chi connectivity index (χ0n) is 9.82. The van der Waals surface area contributed by atoms with Gasteiger partial charge in [0.2, 0.25) is 5.91 Å². The van der Waals surface area contributed by atoms with Crippen molar-refractivity contribution in [2.24, 2.45) is 5.73 Å². The van der Waals surface area contributed by atoms with Gasteiger partial charge in [-0.1, -0.05) is 11.6 Å². The number of carbonyl (C=O) groups excluding carboxylic acids is 1. The van der Waals surface area contributed by atoms with E-state index in [1.807, 2.05) is 11.9 Å². The fraction of sp³-hybridized carbons (Fsp3) is 0.455. The number of anilines is 1. The van der Waals surface area contributed by atoms with Crippen LogP contribution in [0, 0.1) is 0 Å². The average molecular weight is 257 g/mol. The molecule has 0 atom stereocenters. The molecule has 1 rings (SSSR count). The molecule has 0 aliphatic heterocycles. The van der Waals surface area contributed by atoms with Crippen LogP contribution in [0.1, 0.15) is 6.42 Å². The summed E-state index contributed by atoms with van der Waals surface area (Å²) in [5, 5.41) is 3.01. The zero-order valence-corrected chi connectivity index (χ0v) is 10.6. The van der Waals surface area contributed by atoms with E-state index in [0.29, 0.717) is 23.9 Å². The molecule has 1 aromatic heterocycles. The molecular weight excluding hydrogens is 240 g/mol. The van der Waals surface area contributed by atoms with Gasteiger partial charge >= 0.3 is 0 Å². The van der Waals surface area contributed by atoms with Gasteiger partial charge in [0.1, 0.15) is 0 Å². The predicted octanol–water partition coefficient (Wildman–Crippen LogP) is 0.954. The van der Waals surface area contributed by atoms with Crippen molar-refractivity contribution in [3.05, 3.63) is 23.5 Å². The number of hydrogen-bond acceptors (Lipinski definition) is 4. The van der Waals surface area contributed by atoms with E-state index >= 15 is 0 Å². The van der Waals surface area contributed by atoms with Crippen molar-refractivity contribution in [2.45, 2.75) is 6.42 Å². The maximum atomic E-state index is 11.7. The van der Waals surface area contributed by atoms with Crippen molar-refractivity contribution in [1.82, 2.24) is 9.88 Å². The van der Waals surface area contributed by atoms with E-state index in [1.165, 1.54) is 0 Å². The fourth-order valence-corrected chi connectivity index (χ4v) is 1.52. The second-order valence-electron chi connectivity index (χ2n) is 3.77. The van der Waals surface area contributed by atoms with Gasteiger partial charge in [-0.15, -0.1) is 0 Å². The van der Waals surface area contributed by atoms with E-state index in [-0.39, 0.29) is 5.91 Å². The minimum absolute atomic E-state index is 0.112. The van der Waals surface area contributed by atoms with Crippen LogP contribution in [0.4, 0.5) is 5.69 Å². The monoisotopic (exact) mass is 256 g/mol. The number of aromatic nitrogens is 1. The summed E-state index contributed by atoms with van der Waals surface area (Å²) in [6.45, 7) is 1.73. The van der Waals surface area contributed by atoms with E-state index in [9.17, 15) is 4.79 Å². The minimum Gasteiger partial charge on any atom is -0.330 e. The smallest absolute Gasteiger partial charge is 0.238 e. The van der Waals surface area contributed by atoms with Crippen LogP contribution in [0.2, 0.25) is 5.15 Å². The molecule has 5 nitrogen and oxygen atoms in total. The molecule has 17 heavy (non-hydrogen) atoms. The summed E-state index contributed by atoms with van der Waals surface area (Å²) in [7, 11) is 1.88. The first-order chi connectivity index (χ1) is 8.13. The van der Waals surface area contributed by atoms with Crippen LogP contribution < -0.4 is 11.1 Å². The van der Waals surface area contributed by atoms with Crippen molar-refractivity contribution < 1.29 is 4.79 Å². The molecular formula is C11H17ClN4O. The second kappa shape index (κ2) is 7.21. The largest absolute Gasteiger partial charge is 0.330 e. The Morgan fingerprint density at radius 1 is 1.65 bits per heavy atom. The minimum atomic E-state index is -0.112. The lowest BCUT2D eigenvalue weighted by Crippen LogP contribution is -2.31. The summed E-state index contributed by atoms with van der Waals surface area (Å²) in [6, 6.07) is 3.44. The third-order valence-electron chi connectivity index (χ3n) is 2.19. The van der Waals surface area contributed by atoms with Crippen LogP contribution in [0.3, 0.4) is 0 Å². The third kappa shape index (κ3) is 5.12. The Kier molecular flexibility index (Phi) is 5.90. The normalized spacial score (nSPS) is 10.6. The van der Waals surface area contributed by atoms with Crippen LogP contribution in [0.15, 0.2) is 18.3 Å². The van der Waals surface area contributed by atoms with Gasteiger partial charge in [0.05, 0.1) is 12.2 Å². The molecule has 0 aromatic carbocycles. The number of likely N-dealkylation sites (N-methyl/N-ethyl adjacent to an activating group) is 1. The van der Waals surface area contributed by atoms with Crippen LogP contribution in [0.5, 0.6) is 0 Å². The number of halogens is 1. The van der Waals surface area contributed by atoms with E-state index in [2.05, 4.69) is 10.3 Å². The Morgan fingerprint density at radius 2 is 2.41 bits per heavy atom. The highest BCUT2D eigenvalue weighted by molar-refractivity contribution is 6.32. The number of hydrogen-bond donors (Lipinski definition) is 2. The number of nitrogens with zero attached hydrogens (tertiary/aromatic N) is 2. The van der Waals surface area contributed by atoms with Gasteiger partial charge in [0.15, 0.2) is 5.15 Å². The van der Waals surface area contributed by atoms with Gasteiger partial charge < -0.3 is 11.1 Å². The summed E-state index contributed by atoms with van der Waals surface area (Å²) in [4.78, 5) is 17.5. The Balaban J connectivity index is 2.42. The average Bonchev–Trinajstić information content (AvgIpc) is 2.29. The van der Waals surface area contributed by atoms with Crippen molar-refractivity contribution in [2.75, 3.05) is 32.0 Å². The highest BCUT2D eigenvalue weighted by Crippen LogP contribution is 2.17. The highest BCUT2D eigenvalue weighted by Gasteiger charge is 2.08. The van der Waals surface area contributed by atoms with Gasteiger partial charge in [-0.05, 0) is 38.7 Å². The lowest BCUT2D eigenvalue weighted by atomic mass is 10.3. The molecule has 94 valence electrons. The Bertz CT molecular complexity index is 372. The van der Waals surface area contributed by atoms with E-state index in [1.54, 1.807) is 18.3 Å². The SMILES string of the molecule is CN(CCCN)CC(=O)Nc1cccnc1Cl. The first kappa shape index (κ1) is 13.9. The van der Waals surface area contributed by atoms with Crippen molar-refractivity contribution in [3.63, 3.8) is 0 Å². The molecule has 0 spiro atoms. The summed E-state index contributed by atoms with van der Waals surface area (Å²) in [5.41, 5.74) is 5.93. The maximum Gasteiger partial charge on any atom is 0.238 e. The van der Waals surface area contributed by atoms with Gasteiger partial charge in [-0.3, -0.25) is 9.69 Å². The van der Waals surface area contributed by atoms with Crippen molar-refractivity contribution in [1.29, 1.82) is 0 Å². The lowest BCUT2D eigenvalue weighted by Gasteiger charge is -2.15. The summed E-state index contributed by atoms with van der Waals surface area (Å²) in [6.07, 6.45) is 2.45. The Morgan fingerprint density at radius 3 is 3.06 bits per heavy atom. The molecule has 0 aliphatic rings. The number of nitrogens with one attached hydrogen (secondary N) is 1. The first-order valence-electron chi connectivity index (χ1n) is 5.42. The second-order valence-corrected chi connectivity index (χ2v) is 4.13. The standard InChI is InChI=1S/C11H17ClN4O/c1-16(7-3-5-13)8-10(17)15-9-4-2-6-14-11(9)12/h2,4,6H,3,5,7-8,13H2,1H3,(H,15,17). The molecule has 0 saturated carbocycles. The maximum absolute atomic E-state index is 11.7. The molecule has 6 heteroatoms.